The predicted molar refractivity (Wildman–Crippen MR) is 340 cm³/mol. The summed E-state index contributed by atoms with van der Waals surface area (Å²) in [5.74, 6) is 1.33. The third kappa shape index (κ3) is 26.4. The van der Waals surface area contributed by atoms with Crippen LogP contribution in [0.1, 0.15) is 160 Å². The highest BCUT2D eigenvalue weighted by molar-refractivity contribution is 6.13. The maximum Gasteiger partial charge on any atom is 0.227 e. The molecular formula is C60H90Cl6N12O3. The van der Waals surface area contributed by atoms with Crippen molar-refractivity contribution in [2.45, 2.75) is 173 Å². The van der Waals surface area contributed by atoms with Crippen LogP contribution in [0, 0.1) is 23.7 Å². The van der Waals surface area contributed by atoms with Gasteiger partial charge in [0.05, 0.1) is 0 Å². The van der Waals surface area contributed by atoms with Crippen molar-refractivity contribution in [1.29, 1.82) is 0 Å². The number of hydrazine groups is 3. The predicted octanol–water partition coefficient (Wildman–Crippen LogP) is 14.5. The number of carbonyl (C=O) groups excluding carboxylic acids is 3. The summed E-state index contributed by atoms with van der Waals surface area (Å²) in [6, 6.07) is 22.3. The summed E-state index contributed by atoms with van der Waals surface area (Å²) in [5, 5.41) is 15.4. The van der Waals surface area contributed by atoms with Crippen LogP contribution in [0.25, 0.3) is 6.08 Å². The molecule has 81 heavy (non-hydrogen) atoms. The van der Waals surface area contributed by atoms with Crippen LogP contribution in [-0.2, 0) is 14.4 Å². The van der Waals surface area contributed by atoms with Crippen LogP contribution >= 0.6 is 72.6 Å². The van der Waals surface area contributed by atoms with Gasteiger partial charge in [-0.1, -0.05) is 101 Å². The number of unbranched alkanes of at least 4 members (excludes halogenated alkanes) is 5. The summed E-state index contributed by atoms with van der Waals surface area (Å²) >= 11 is 17.9. The van der Waals surface area contributed by atoms with Gasteiger partial charge in [0.1, 0.15) is 0 Å². The standard InChI is InChI=1S/C21H25ClN4O.C20H33ClN4O.C19H29ClN4O.3ClH/c22-25-26(16-4-7-17-5-2-1-3-6-17)20-10-8-18(9-11-20)21(27)24-19-12-14-23-15-13-19;1-2-3-4-5-6-7-16-25(24-21)19-10-8-17(9-11-19)20(26)23-18-12-14-22-15-13-18;20-23-24(14-15-4-2-1-3-5-15)18-8-6-16(7-9-18)19(25)22-17-10-12-21-13-11-17;;;/h1-7,12-15,18,20,25H,8-11,16H2,(H,23,24,27);12-15,17,19,24H,2-11,16H2,1H3,(H,22,23,26);10-13,15-16,18,23H,1-9,14H2,(H,21,22,25);3*1H/b7-4+;;;;;. The molecular weight excluding hydrogens is 1150 g/mol. The van der Waals surface area contributed by atoms with E-state index in [2.05, 4.69) is 87.0 Å². The van der Waals surface area contributed by atoms with Gasteiger partial charge < -0.3 is 16.0 Å². The molecule has 15 nitrogen and oxygen atoms in total. The number of aromatic nitrogens is 3. The Bertz CT molecular complexity index is 2280. The second kappa shape index (κ2) is 42.2. The molecule has 4 aliphatic rings. The van der Waals surface area contributed by atoms with Gasteiger partial charge in [0, 0.05) is 110 Å². The minimum absolute atomic E-state index is 0. The molecule has 0 spiro atoms. The lowest BCUT2D eigenvalue weighted by atomic mass is 9.84. The topological polar surface area (TPSA) is 172 Å². The Morgan fingerprint density at radius 3 is 1.27 bits per heavy atom. The maximum atomic E-state index is 12.4. The fourth-order valence-corrected chi connectivity index (χ4v) is 12.0. The highest BCUT2D eigenvalue weighted by atomic mass is 35.5. The number of nitrogens with one attached hydrogen (secondary N) is 6. The van der Waals surface area contributed by atoms with E-state index in [0.717, 1.165) is 120 Å². The summed E-state index contributed by atoms with van der Waals surface area (Å²) in [7, 11) is 0. The fraction of sp³-hybridized carbons (Fsp3) is 0.567. The van der Waals surface area contributed by atoms with Gasteiger partial charge in [0.2, 0.25) is 17.7 Å². The minimum atomic E-state index is 0. The van der Waals surface area contributed by atoms with Crippen LogP contribution in [0.2, 0.25) is 0 Å². The second-order valence-electron chi connectivity index (χ2n) is 21.5. The van der Waals surface area contributed by atoms with Crippen molar-refractivity contribution >= 4 is 113 Å². The van der Waals surface area contributed by atoms with Crippen molar-refractivity contribution in [3.63, 3.8) is 0 Å². The van der Waals surface area contributed by atoms with Crippen LogP contribution in [0.4, 0.5) is 17.1 Å². The second-order valence-corrected chi connectivity index (χ2v) is 22.0. The molecule has 450 valence electrons. The van der Waals surface area contributed by atoms with Crippen LogP contribution < -0.4 is 30.8 Å². The number of hydrogen-bond donors (Lipinski definition) is 6. The average molecular weight is 1240 g/mol. The Labute approximate surface area is 516 Å². The van der Waals surface area contributed by atoms with E-state index in [1.807, 2.05) is 59.6 Å². The molecule has 0 saturated heterocycles. The quantitative estimate of drug-likeness (QED) is 0.0223. The van der Waals surface area contributed by atoms with E-state index >= 15 is 0 Å². The molecule has 21 heteroatoms. The first-order valence-electron chi connectivity index (χ1n) is 29.0. The Morgan fingerprint density at radius 2 is 0.864 bits per heavy atom. The highest BCUT2D eigenvalue weighted by Gasteiger charge is 2.33. The molecule has 0 atom stereocenters. The Kier molecular flexibility index (Phi) is 37.3. The van der Waals surface area contributed by atoms with Crippen molar-refractivity contribution in [2.24, 2.45) is 23.7 Å². The molecule has 8 rings (SSSR count). The Morgan fingerprint density at radius 1 is 0.481 bits per heavy atom. The highest BCUT2D eigenvalue weighted by Crippen LogP contribution is 2.32. The maximum absolute atomic E-state index is 12.4. The summed E-state index contributed by atoms with van der Waals surface area (Å²) in [6.07, 6.45) is 40.0. The van der Waals surface area contributed by atoms with Gasteiger partial charge in [0.15, 0.2) is 0 Å². The first kappa shape index (κ1) is 71.6. The molecule has 1 aromatic carbocycles. The molecule has 3 heterocycles. The lowest BCUT2D eigenvalue weighted by Crippen LogP contribution is -2.46. The first-order valence-corrected chi connectivity index (χ1v) is 30.1. The molecule has 0 aliphatic heterocycles. The zero-order valence-electron chi connectivity index (χ0n) is 47.2. The van der Waals surface area contributed by atoms with E-state index in [1.165, 1.54) is 76.2 Å². The van der Waals surface area contributed by atoms with Gasteiger partial charge in [-0.2, -0.15) is 14.8 Å². The molecule has 3 amide bonds. The van der Waals surface area contributed by atoms with Crippen LogP contribution in [0.5, 0.6) is 0 Å². The average Bonchev–Trinajstić information content (AvgIpc) is 3.49. The van der Waals surface area contributed by atoms with Crippen LogP contribution in [0.3, 0.4) is 0 Å². The smallest absolute Gasteiger partial charge is 0.227 e. The molecule has 0 radical (unpaired) electrons. The van der Waals surface area contributed by atoms with Gasteiger partial charge in [0.25, 0.3) is 0 Å². The summed E-state index contributed by atoms with van der Waals surface area (Å²) in [6.45, 7) is 4.97. The zero-order valence-corrected chi connectivity index (χ0v) is 51.9. The van der Waals surface area contributed by atoms with Crippen molar-refractivity contribution in [3.8, 4) is 0 Å². The molecule has 4 saturated carbocycles. The minimum Gasteiger partial charge on any atom is -0.326 e. The summed E-state index contributed by atoms with van der Waals surface area (Å²) in [5.41, 5.74) is 3.61. The van der Waals surface area contributed by atoms with Crippen LogP contribution in [-0.4, -0.2) is 85.5 Å². The number of rotatable bonds is 24. The lowest BCUT2D eigenvalue weighted by molar-refractivity contribution is -0.122. The van der Waals surface area contributed by atoms with Gasteiger partial charge in [-0.25, -0.2) is 15.0 Å². The normalized spacial score (nSPS) is 20.9. The first-order chi connectivity index (χ1) is 38.3. The molecule has 0 bridgehead atoms. The Balaban J connectivity index is 0.000000313. The van der Waals surface area contributed by atoms with E-state index in [4.69, 9.17) is 35.3 Å². The largest absolute Gasteiger partial charge is 0.326 e. The number of carbonyl (C=O) groups is 3. The third-order valence-electron chi connectivity index (χ3n) is 16.0. The SMILES string of the molecule is CCCCCCCCN(NCl)C1CCC(C(=O)Nc2ccncc2)CC1.Cl.Cl.Cl.O=C(Nc1ccncc1)C1CCC(N(C/C=C/c2ccccc2)NCl)CC1.O=C(Nc1ccncc1)C1CCC(N(CC2CCCCC2)NCl)CC1. The molecule has 4 aromatic rings. The number of halogens is 6. The lowest BCUT2D eigenvalue weighted by Gasteiger charge is -2.37. The van der Waals surface area contributed by atoms with E-state index in [1.54, 1.807) is 37.2 Å². The summed E-state index contributed by atoms with van der Waals surface area (Å²) < 4.78 is 0. The van der Waals surface area contributed by atoms with Gasteiger partial charge in [-0.3, -0.25) is 29.3 Å². The number of amides is 3. The number of nitrogens with zero attached hydrogens (tertiary/aromatic N) is 6. The molecule has 6 N–H and O–H groups in total. The van der Waals surface area contributed by atoms with Crippen molar-refractivity contribution < 1.29 is 14.4 Å². The third-order valence-corrected chi connectivity index (χ3v) is 16.7. The van der Waals surface area contributed by atoms with Gasteiger partial charge in [-0.15, -0.1) is 37.2 Å². The zero-order chi connectivity index (χ0) is 55.0. The van der Waals surface area contributed by atoms with Crippen LogP contribution in [0.15, 0.2) is 110 Å². The van der Waals surface area contributed by atoms with E-state index in [-0.39, 0.29) is 72.7 Å². The van der Waals surface area contributed by atoms with E-state index in [9.17, 15) is 14.4 Å². The van der Waals surface area contributed by atoms with Gasteiger partial charge in [-0.05, 0) is 180 Å². The van der Waals surface area contributed by atoms with E-state index in [0.29, 0.717) is 18.1 Å². The molecule has 4 fully saturated rings. The van der Waals surface area contributed by atoms with Crippen molar-refractivity contribution in [3.05, 3.63) is 116 Å². The molecule has 4 aliphatic carbocycles. The van der Waals surface area contributed by atoms with Crippen molar-refractivity contribution in [1.82, 2.24) is 44.8 Å². The number of pyridine rings is 3. The Hall–Kier alpha value is -3.68. The molecule has 3 aromatic heterocycles. The van der Waals surface area contributed by atoms with Crippen molar-refractivity contribution in [2.75, 3.05) is 35.6 Å². The van der Waals surface area contributed by atoms with Gasteiger partial charge >= 0.3 is 0 Å². The van der Waals surface area contributed by atoms with E-state index < -0.39 is 0 Å². The fourth-order valence-electron chi connectivity index (χ4n) is 11.4. The molecule has 0 unspecified atom stereocenters. The summed E-state index contributed by atoms with van der Waals surface area (Å²) in [4.78, 5) is 57.8. The number of benzene rings is 1. The number of hydrogen-bond acceptors (Lipinski definition) is 12. The monoisotopic (exact) mass is 1240 g/mol. The number of anilines is 3.